The molecule has 0 fully saturated rings. The molecule has 7 heteroatoms. The molecule has 110 valence electrons. The van der Waals surface area contributed by atoms with Crippen molar-refractivity contribution in [1.82, 2.24) is 10.7 Å². The van der Waals surface area contributed by atoms with Gasteiger partial charge in [0, 0.05) is 12.1 Å². The summed E-state index contributed by atoms with van der Waals surface area (Å²) in [5.74, 6) is 0.0861. The molecule has 1 rings (SSSR count). The van der Waals surface area contributed by atoms with Crippen LogP contribution in [0.25, 0.3) is 0 Å². The number of alkyl halides is 2. The lowest BCUT2D eigenvalue weighted by atomic mass is 10.1. The largest absolute Gasteiger partial charge is 0.434 e. The van der Waals surface area contributed by atoms with Gasteiger partial charge in [0.15, 0.2) is 5.11 Å². The molecule has 0 saturated carbocycles. The van der Waals surface area contributed by atoms with Crippen molar-refractivity contribution in [1.29, 1.82) is 0 Å². The first-order valence-electron chi connectivity index (χ1n) is 6.08. The number of nitrogens with one attached hydrogen (secondary N) is 2. The van der Waals surface area contributed by atoms with Crippen LogP contribution in [0, 0.1) is 6.92 Å². The number of thiocarbonyl (C=S) groups is 1. The summed E-state index contributed by atoms with van der Waals surface area (Å²) in [6, 6.07) is 4.93. The Labute approximate surface area is 122 Å². The molecule has 0 radical (unpaired) electrons. The predicted octanol–water partition coefficient (Wildman–Crippen LogP) is 2.80. The quantitative estimate of drug-likeness (QED) is 0.499. The molecule has 0 bridgehead atoms. The van der Waals surface area contributed by atoms with Gasteiger partial charge in [-0.1, -0.05) is 11.6 Å². The molecule has 0 spiro atoms. The third-order valence-electron chi connectivity index (χ3n) is 2.40. The van der Waals surface area contributed by atoms with Crippen LogP contribution >= 0.6 is 12.2 Å². The zero-order valence-corrected chi connectivity index (χ0v) is 12.4. The molecule has 20 heavy (non-hydrogen) atoms. The van der Waals surface area contributed by atoms with Crippen molar-refractivity contribution in [2.75, 3.05) is 6.54 Å². The molecule has 0 aromatic heterocycles. The molecule has 4 nitrogen and oxygen atoms in total. The molecular formula is C13H17F2N3OS. The summed E-state index contributed by atoms with van der Waals surface area (Å²) >= 11 is 4.97. The van der Waals surface area contributed by atoms with E-state index in [0.29, 0.717) is 22.9 Å². The Morgan fingerprint density at radius 3 is 2.75 bits per heavy atom. The van der Waals surface area contributed by atoms with Crippen molar-refractivity contribution in [3.8, 4) is 5.75 Å². The van der Waals surface area contributed by atoms with Gasteiger partial charge in [0.1, 0.15) is 5.75 Å². The molecule has 1 aromatic rings. The van der Waals surface area contributed by atoms with Crippen LogP contribution in [0.5, 0.6) is 5.75 Å². The number of halogens is 2. The molecule has 0 unspecified atom stereocenters. The van der Waals surface area contributed by atoms with Crippen molar-refractivity contribution in [3.05, 3.63) is 29.3 Å². The summed E-state index contributed by atoms with van der Waals surface area (Å²) in [6.07, 6.45) is 0. The fraction of sp³-hybridized carbons (Fsp3) is 0.385. The monoisotopic (exact) mass is 301 g/mol. The van der Waals surface area contributed by atoms with Crippen LogP contribution in [0.15, 0.2) is 23.3 Å². The van der Waals surface area contributed by atoms with E-state index in [1.165, 1.54) is 6.07 Å². The van der Waals surface area contributed by atoms with Crippen LogP contribution in [0.3, 0.4) is 0 Å². The van der Waals surface area contributed by atoms with E-state index in [1.807, 2.05) is 13.8 Å². The zero-order valence-electron chi connectivity index (χ0n) is 11.5. The first-order valence-corrected chi connectivity index (χ1v) is 6.48. The molecule has 0 aliphatic heterocycles. The third-order valence-corrected chi connectivity index (χ3v) is 2.64. The lowest BCUT2D eigenvalue weighted by Crippen LogP contribution is -2.32. The lowest BCUT2D eigenvalue weighted by Gasteiger charge is -2.12. The number of hydrogen-bond donors (Lipinski definition) is 2. The number of benzene rings is 1. The van der Waals surface area contributed by atoms with E-state index < -0.39 is 6.61 Å². The molecule has 0 heterocycles. The first-order chi connectivity index (χ1) is 9.43. The lowest BCUT2D eigenvalue weighted by molar-refractivity contribution is -0.0499. The van der Waals surface area contributed by atoms with Crippen molar-refractivity contribution in [2.24, 2.45) is 5.10 Å². The van der Waals surface area contributed by atoms with Gasteiger partial charge in [0.2, 0.25) is 0 Å². The van der Waals surface area contributed by atoms with Gasteiger partial charge in [-0.25, -0.2) is 0 Å². The molecule has 2 N–H and O–H groups in total. The highest BCUT2D eigenvalue weighted by Crippen LogP contribution is 2.22. The van der Waals surface area contributed by atoms with Crippen molar-refractivity contribution >= 4 is 23.0 Å². The number of nitrogens with zero attached hydrogens (tertiary/aromatic N) is 1. The van der Waals surface area contributed by atoms with Gasteiger partial charge < -0.3 is 10.1 Å². The van der Waals surface area contributed by atoms with E-state index >= 15 is 0 Å². The second-order valence-corrected chi connectivity index (χ2v) is 4.45. The molecule has 0 amide bonds. The van der Waals surface area contributed by atoms with E-state index in [2.05, 4.69) is 20.6 Å². The minimum Gasteiger partial charge on any atom is -0.434 e. The van der Waals surface area contributed by atoms with Crippen LogP contribution in [0.4, 0.5) is 8.78 Å². The van der Waals surface area contributed by atoms with E-state index in [4.69, 9.17) is 12.2 Å². The summed E-state index contributed by atoms with van der Waals surface area (Å²) in [5.41, 5.74) is 4.57. The Morgan fingerprint density at radius 2 is 2.15 bits per heavy atom. The van der Waals surface area contributed by atoms with Gasteiger partial charge in [0.25, 0.3) is 0 Å². The Hall–Kier alpha value is -1.76. The van der Waals surface area contributed by atoms with E-state index in [-0.39, 0.29) is 5.75 Å². The predicted molar refractivity (Wildman–Crippen MR) is 79.4 cm³/mol. The van der Waals surface area contributed by atoms with Crippen LogP contribution in [-0.4, -0.2) is 24.0 Å². The number of hydrazone groups is 1. The van der Waals surface area contributed by atoms with Crippen molar-refractivity contribution in [2.45, 2.75) is 27.4 Å². The first kappa shape index (κ1) is 16.3. The van der Waals surface area contributed by atoms with Gasteiger partial charge in [-0.2, -0.15) is 13.9 Å². The normalized spacial score (nSPS) is 11.4. The fourth-order valence-corrected chi connectivity index (χ4v) is 1.71. The molecule has 1 aromatic carbocycles. The Bertz CT molecular complexity index is 506. The Morgan fingerprint density at radius 1 is 1.45 bits per heavy atom. The van der Waals surface area contributed by atoms with Gasteiger partial charge in [-0.3, -0.25) is 5.43 Å². The standard InChI is InChI=1S/C13H17F2N3OS/c1-4-16-13(20)18-17-9(3)10-7-8(2)5-6-11(10)19-12(14)15/h5-7,12H,4H2,1-3H3,(H2,16,18,20)/b17-9-. The summed E-state index contributed by atoms with van der Waals surface area (Å²) < 4.78 is 29.2. The third kappa shape index (κ3) is 5.08. The molecule has 0 aliphatic rings. The molecule has 0 saturated heterocycles. The minimum absolute atomic E-state index is 0.0861. The average molecular weight is 301 g/mol. The van der Waals surface area contributed by atoms with Gasteiger partial charge in [-0.05, 0) is 45.1 Å². The fourth-order valence-electron chi connectivity index (χ4n) is 1.52. The van der Waals surface area contributed by atoms with Crippen LogP contribution in [-0.2, 0) is 0 Å². The van der Waals surface area contributed by atoms with Crippen molar-refractivity contribution in [3.63, 3.8) is 0 Å². The summed E-state index contributed by atoms with van der Waals surface area (Å²) in [6.45, 7) is 3.25. The maximum absolute atomic E-state index is 12.4. The summed E-state index contributed by atoms with van der Waals surface area (Å²) in [5, 5.41) is 7.30. The van der Waals surface area contributed by atoms with Gasteiger partial charge >= 0.3 is 6.61 Å². The highest BCUT2D eigenvalue weighted by atomic mass is 32.1. The van der Waals surface area contributed by atoms with Crippen LogP contribution in [0.1, 0.15) is 25.0 Å². The minimum atomic E-state index is -2.87. The zero-order chi connectivity index (χ0) is 15.1. The second-order valence-electron chi connectivity index (χ2n) is 4.05. The number of ether oxygens (including phenoxy) is 1. The maximum Gasteiger partial charge on any atom is 0.387 e. The SMILES string of the molecule is CCNC(=S)N/N=C(/C)c1cc(C)ccc1OC(F)F. The molecule has 0 atom stereocenters. The number of aryl methyl sites for hydroxylation is 1. The van der Waals surface area contributed by atoms with E-state index in [9.17, 15) is 8.78 Å². The molecular weight excluding hydrogens is 284 g/mol. The summed E-state index contributed by atoms with van der Waals surface area (Å²) in [7, 11) is 0. The van der Waals surface area contributed by atoms with Gasteiger partial charge in [-0.15, -0.1) is 0 Å². The number of rotatable bonds is 5. The smallest absolute Gasteiger partial charge is 0.387 e. The molecule has 0 aliphatic carbocycles. The van der Waals surface area contributed by atoms with Crippen molar-refractivity contribution < 1.29 is 13.5 Å². The van der Waals surface area contributed by atoms with E-state index in [0.717, 1.165) is 5.56 Å². The second kappa shape index (κ2) is 7.74. The highest BCUT2D eigenvalue weighted by molar-refractivity contribution is 7.80. The van der Waals surface area contributed by atoms with Crippen LogP contribution < -0.4 is 15.5 Å². The summed E-state index contributed by atoms with van der Waals surface area (Å²) in [4.78, 5) is 0. The Kier molecular flexibility index (Phi) is 6.30. The Balaban J connectivity index is 2.95. The van der Waals surface area contributed by atoms with Crippen LogP contribution in [0.2, 0.25) is 0 Å². The van der Waals surface area contributed by atoms with E-state index in [1.54, 1.807) is 19.1 Å². The topological polar surface area (TPSA) is 45.7 Å². The highest BCUT2D eigenvalue weighted by Gasteiger charge is 2.12. The average Bonchev–Trinajstić information content (AvgIpc) is 2.38. The maximum atomic E-state index is 12.4. The van der Waals surface area contributed by atoms with Gasteiger partial charge in [0.05, 0.1) is 5.71 Å². The number of hydrogen-bond acceptors (Lipinski definition) is 3.